The maximum Gasteiger partial charge on any atom is 0.416 e. The zero-order valence-electron chi connectivity index (χ0n) is 22.5. The Bertz CT molecular complexity index is 1200. The minimum absolute atomic E-state index is 0.00126. The van der Waals surface area contributed by atoms with Crippen LogP contribution in [0.1, 0.15) is 74.6 Å². The Morgan fingerprint density at radius 3 is 2.05 bits per heavy atom. The quantitative estimate of drug-likeness (QED) is 0.435. The van der Waals surface area contributed by atoms with E-state index in [-0.39, 0.29) is 23.6 Å². The molecule has 2 aromatic rings. The highest BCUT2D eigenvalue weighted by Gasteiger charge is 2.45. The molecule has 2 fully saturated rings. The highest BCUT2D eigenvalue weighted by Crippen LogP contribution is 2.41. The summed E-state index contributed by atoms with van der Waals surface area (Å²) in [5.74, 6) is -1.95. The number of carbonyl (C=O) groups excluding carboxylic acids is 2. The largest absolute Gasteiger partial charge is 0.416 e. The van der Waals surface area contributed by atoms with Crippen LogP contribution in [-0.2, 0) is 27.5 Å². The molecule has 11 heteroatoms. The van der Waals surface area contributed by atoms with E-state index in [1.807, 2.05) is 49.1 Å². The fourth-order valence-corrected chi connectivity index (χ4v) is 5.75. The SMILES string of the molecule is CC(C(=O)NC1(c2ccccc2)CCC(N2CCNC(C)(C)C2=O)CC1)c1cc(C(F)(F)F)cc(C(F)(F)F)c1. The van der Waals surface area contributed by atoms with E-state index in [2.05, 4.69) is 10.6 Å². The third-order valence-corrected chi connectivity index (χ3v) is 8.16. The van der Waals surface area contributed by atoms with Crippen molar-refractivity contribution in [2.24, 2.45) is 0 Å². The number of halogens is 6. The van der Waals surface area contributed by atoms with E-state index in [1.54, 1.807) is 0 Å². The van der Waals surface area contributed by atoms with Crippen LogP contribution < -0.4 is 10.6 Å². The van der Waals surface area contributed by atoms with E-state index in [4.69, 9.17) is 0 Å². The lowest BCUT2D eigenvalue weighted by Gasteiger charge is -2.48. The summed E-state index contributed by atoms with van der Waals surface area (Å²) >= 11 is 0. The summed E-state index contributed by atoms with van der Waals surface area (Å²) in [5.41, 5.74) is -4.07. The molecule has 5 nitrogen and oxygen atoms in total. The number of hydrogen-bond donors (Lipinski definition) is 2. The fraction of sp³-hybridized carbons (Fsp3) is 0.517. The summed E-state index contributed by atoms with van der Waals surface area (Å²) in [6.07, 6.45) is -7.96. The number of carbonyl (C=O) groups is 2. The summed E-state index contributed by atoms with van der Waals surface area (Å²) in [5, 5.41) is 6.21. The van der Waals surface area contributed by atoms with E-state index < -0.39 is 46.4 Å². The Labute approximate surface area is 229 Å². The van der Waals surface area contributed by atoms with Crippen LogP contribution in [0.5, 0.6) is 0 Å². The first kappa shape index (κ1) is 29.9. The van der Waals surface area contributed by atoms with Gasteiger partial charge >= 0.3 is 12.4 Å². The van der Waals surface area contributed by atoms with E-state index in [0.717, 1.165) is 5.56 Å². The zero-order chi connectivity index (χ0) is 29.5. The molecule has 1 aliphatic carbocycles. The lowest BCUT2D eigenvalue weighted by Crippen LogP contribution is -2.64. The molecule has 1 unspecified atom stereocenters. The molecule has 1 aliphatic heterocycles. The maximum absolute atomic E-state index is 13.5. The molecule has 0 bridgehead atoms. The summed E-state index contributed by atoms with van der Waals surface area (Å²) in [6.45, 7) is 6.18. The zero-order valence-corrected chi connectivity index (χ0v) is 22.5. The Morgan fingerprint density at radius 1 is 0.975 bits per heavy atom. The van der Waals surface area contributed by atoms with E-state index >= 15 is 0 Å². The van der Waals surface area contributed by atoms with Gasteiger partial charge < -0.3 is 15.5 Å². The highest BCUT2D eigenvalue weighted by molar-refractivity contribution is 5.86. The highest BCUT2D eigenvalue weighted by atomic mass is 19.4. The van der Waals surface area contributed by atoms with Gasteiger partial charge in [0, 0.05) is 19.1 Å². The van der Waals surface area contributed by atoms with Gasteiger partial charge in [-0.3, -0.25) is 9.59 Å². The third kappa shape index (κ3) is 6.14. The predicted octanol–water partition coefficient (Wildman–Crippen LogP) is 5.99. The van der Waals surface area contributed by atoms with Gasteiger partial charge in [0.1, 0.15) is 0 Å². The molecule has 2 aliphatic rings. The molecule has 1 heterocycles. The third-order valence-electron chi connectivity index (χ3n) is 8.16. The van der Waals surface area contributed by atoms with Crippen LogP contribution in [0.2, 0.25) is 0 Å². The van der Waals surface area contributed by atoms with Crippen molar-refractivity contribution in [1.82, 2.24) is 15.5 Å². The van der Waals surface area contributed by atoms with Crippen molar-refractivity contribution in [3.05, 3.63) is 70.8 Å². The van der Waals surface area contributed by atoms with Crippen molar-refractivity contribution in [3.8, 4) is 0 Å². The molecule has 2 N–H and O–H groups in total. The average Bonchev–Trinajstić information content (AvgIpc) is 2.89. The monoisotopic (exact) mass is 569 g/mol. The molecular formula is C29H33F6N3O2. The van der Waals surface area contributed by atoms with Crippen molar-refractivity contribution in [1.29, 1.82) is 0 Å². The second-order valence-corrected chi connectivity index (χ2v) is 11.3. The van der Waals surface area contributed by atoms with Crippen LogP contribution in [-0.4, -0.2) is 41.4 Å². The number of piperazine rings is 1. The summed E-state index contributed by atoms with van der Waals surface area (Å²) in [7, 11) is 0. The molecule has 0 aromatic heterocycles. The summed E-state index contributed by atoms with van der Waals surface area (Å²) in [6, 6.07) is 10.3. The average molecular weight is 570 g/mol. The number of hydrogen-bond acceptors (Lipinski definition) is 3. The van der Waals surface area contributed by atoms with Gasteiger partial charge in [-0.2, -0.15) is 26.3 Å². The van der Waals surface area contributed by atoms with Crippen LogP contribution in [0.15, 0.2) is 48.5 Å². The van der Waals surface area contributed by atoms with E-state index in [1.165, 1.54) is 6.92 Å². The maximum atomic E-state index is 13.5. The van der Waals surface area contributed by atoms with Gasteiger partial charge in [0.05, 0.1) is 28.1 Å². The van der Waals surface area contributed by atoms with Crippen molar-refractivity contribution >= 4 is 11.8 Å². The lowest BCUT2D eigenvalue weighted by molar-refractivity contribution is -0.144. The fourth-order valence-electron chi connectivity index (χ4n) is 5.75. The van der Waals surface area contributed by atoms with Crippen molar-refractivity contribution < 1.29 is 35.9 Å². The molecule has 2 aromatic carbocycles. The van der Waals surface area contributed by atoms with Crippen molar-refractivity contribution in [2.45, 2.75) is 81.8 Å². The van der Waals surface area contributed by atoms with Crippen LogP contribution in [0.25, 0.3) is 0 Å². The molecule has 218 valence electrons. The number of alkyl halides is 6. The summed E-state index contributed by atoms with van der Waals surface area (Å²) < 4.78 is 80.5. The first-order valence-corrected chi connectivity index (χ1v) is 13.3. The van der Waals surface area contributed by atoms with Gasteiger partial charge in [0.2, 0.25) is 11.8 Å². The minimum Gasteiger partial charge on any atom is -0.346 e. The molecule has 1 saturated carbocycles. The van der Waals surface area contributed by atoms with Crippen molar-refractivity contribution in [2.75, 3.05) is 13.1 Å². The Kier molecular flexibility index (Phi) is 8.01. The Morgan fingerprint density at radius 2 is 1.52 bits per heavy atom. The topological polar surface area (TPSA) is 61.4 Å². The molecular weight excluding hydrogens is 536 g/mol. The number of amides is 2. The van der Waals surface area contributed by atoms with Gasteiger partial charge in [-0.15, -0.1) is 0 Å². The molecule has 2 amide bonds. The van der Waals surface area contributed by atoms with Gasteiger partial charge in [-0.1, -0.05) is 30.3 Å². The molecule has 4 rings (SSSR count). The molecule has 40 heavy (non-hydrogen) atoms. The number of nitrogens with zero attached hydrogens (tertiary/aromatic N) is 1. The Hall–Kier alpha value is -3.08. The second kappa shape index (κ2) is 10.7. The first-order chi connectivity index (χ1) is 18.5. The van der Waals surface area contributed by atoms with E-state index in [0.29, 0.717) is 50.9 Å². The molecule has 1 atom stereocenters. The standard InChI is InChI=1S/C29H33F6N3O2/c1-18(19-15-21(28(30,31)32)17-22(16-19)29(33,34)35)24(39)37-27(20-7-5-4-6-8-20)11-9-23(10-12-27)38-14-13-36-26(2,3)25(38)40/h4-8,15-18,23,36H,9-14H2,1-3H3,(H,37,39). The number of benzene rings is 2. The van der Waals surface area contributed by atoms with Gasteiger partial charge in [-0.05, 0) is 75.8 Å². The molecule has 1 saturated heterocycles. The normalized spacial score (nSPS) is 24.5. The number of rotatable bonds is 5. The van der Waals surface area contributed by atoms with Crippen molar-refractivity contribution in [3.63, 3.8) is 0 Å². The van der Waals surface area contributed by atoms with Crippen LogP contribution >= 0.6 is 0 Å². The Balaban J connectivity index is 1.60. The predicted molar refractivity (Wildman–Crippen MR) is 137 cm³/mol. The van der Waals surface area contributed by atoms with Gasteiger partial charge in [0.15, 0.2) is 0 Å². The number of nitrogens with one attached hydrogen (secondary N) is 2. The van der Waals surface area contributed by atoms with Gasteiger partial charge in [0.25, 0.3) is 0 Å². The van der Waals surface area contributed by atoms with Crippen LogP contribution in [0, 0.1) is 0 Å². The molecule has 0 spiro atoms. The van der Waals surface area contributed by atoms with Crippen LogP contribution in [0.4, 0.5) is 26.3 Å². The van der Waals surface area contributed by atoms with E-state index in [9.17, 15) is 35.9 Å². The van der Waals surface area contributed by atoms with Gasteiger partial charge in [-0.25, -0.2) is 0 Å². The summed E-state index contributed by atoms with van der Waals surface area (Å²) in [4.78, 5) is 28.4. The van der Waals surface area contributed by atoms with Crippen LogP contribution in [0.3, 0.4) is 0 Å². The lowest BCUT2D eigenvalue weighted by atomic mass is 9.73. The first-order valence-electron chi connectivity index (χ1n) is 13.3. The smallest absolute Gasteiger partial charge is 0.346 e. The second-order valence-electron chi connectivity index (χ2n) is 11.3. The minimum atomic E-state index is -5.01. The molecule has 0 radical (unpaired) electrons.